The number of aromatic amines is 1. The summed E-state index contributed by atoms with van der Waals surface area (Å²) in [5, 5.41) is 0. The van der Waals surface area contributed by atoms with Gasteiger partial charge in [-0.05, 0) is 95.1 Å². The molecular weight excluding hydrogens is 452 g/mol. The quantitative estimate of drug-likeness (QED) is 0.316. The maximum absolute atomic E-state index is 13.3. The molecule has 2 bridgehead atoms. The number of carbonyl (C=O) groups is 2. The molecule has 3 unspecified atom stereocenters. The lowest BCUT2D eigenvalue weighted by molar-refractivity contribution is -0.156. The number of benzene rings is 1. The first-order valence-electron chi connectivity index (χ1n) is 14.0. The van der Waals surface area contributed by atoms with Crippen molar-refractivity contribution in [3.05, 3.63) is 23.5 Å². The third kappa shape index (κ3) is 5.47. The molecule has 0 amide bonds. The van der Waals surface area contributed by atoms with E-state index in [1.54, 1.807) is 7.11 Å². The van der Waals surface area contributed by atoms with E-state index >= 15 is 0 Å². The Morgan fingerprint density at radius 1 is 1.03 bits per heavy atom. The van der Waals surface area contributed by atoms with Gasteiger partial charge >= 0.3 is 5.97 Å². The van der Waals surface area contributed by atoms with Crippen molar-refractivity contribution in [2.24, 2.45) is 23.7 Å². The van der Waals surface area contributed by atoms with Crippen molar-refractivity contribution in [2.45, 2.75) is 103 Å². The normalized spacial score (nSPS) is 27.9. The SMILES string of the molecule is COc1ccc(C(=O)CCC2CCC(CC(=O)OC(C)(C)C)CC2)c2nc(C3CC4CCC3C4)[nH]c12. The molecule has 3 fully saturated rings. The molecule has 0 spiro atoms. The standard InChI is InChI=1S/C30H42N2O4/c1-30(2,3)36-26(34)17-19-7-5-18(6-8-19)10-13-24(33)22-12-14-25(35-4)28-27(22)31-29(32-28)23-16-20-9-11-21(23)15-20/h12,14,18-21,23H,5-11,13,15-17H2,1-4H3,(H,31,32). The molecule has 2 aromatic rings. The highest BCUT2D eigenvalue weighted by Crippen LogP contribution is 2.52. The smallest absolute Gasteiger partial charge is 0.306 e. The molecule has 6 heteroatoms. The molecule has 1 N–H and O–H groups in total. The molecule has 36 heavy (non-hydrogen) atoms. The van der Waals surface area contributed by atoms with E-state index in [0.29, 0.717) is 30.6 Å². The molecule has 3 aliphatic rings. The number of aromatic nitrogens is 2. The first kappa shape index (κ1) is 25.3. The number of esters is 1. The molecule has 6 nitrogen and oxygen atoms in total. The van der Waals surface area contributed by atoms with E-state index in [1.165, 1.54) is 25.7 Å². The van der Waals surface area contributed by atoms with Gasteiger partial charge in [-0.2, -0.15) is 0 Å². The Hall–Kier alpha value is -2.37. The molecule has 1 aromatic carbocycles. The number of methoxy groups -OCH3 is 1. The number of hydrogen-bond acceptors (Lipinski definition) is 5. The fourth-order valence-corrected chi connectivity index (χ4v) is 7.05. The number of H-pyrrole nitrogens is 1. The van der Waals surface area contributed by atoms with Gasteiger partial charge in [-0.25, -0.2) is 4.98 Å². The van der Waals surface area contributed by atoms with Crippen LogP contribution in [0.15, 0.2) is 12.1 Å². The second kappa shape index (κ2) is 10.2. The van der Waals surface area contributed by atoms with Crippen LogP contribution in [-0.4, -0.2) is 34.4 Å². The minimum absolute atomic E-state index is 0.0894. The van der Waals surface area contributed by atoms with Crippen LogP contribution < -0.4 is 4.74 Å². The first-order valence-corrected chi connectivity index (χ1v) is 14.0. The fraction of sp³-hybridized carbons (Fsp3) is 0.700. The molecule has 0 saturated heterocycles. The van der Waals surface area contributed by atoms with Crippen LogP contribution in [0.4, 0.5) is 0 Å². The third-order valence-electron chi connectivity index (χ3n) is 8.86. The second-order valence-electron chi connectivity index (χ2n) is 12.6. The van der Waals surface area contributed by atoms with Crippen LogP contribution in [0.2, 0.25) is 0 Å². The van der Waals surface area contributed by atoms with E-state index in [9.17, 15) is 9.59 Å². The zero-order valence-electron chi connectivity index (χ0n) is 22.4. The van der Waals surface area contributed by atoms with Gasteiger partial charge in [0, 0.05) is 24.3 Å². The van der Waals surface area contributed by atoms with Crippen LogP contribution in [0.25, 0.3) is 11.0 Å². The Kier molecular flexibility index (Phi) is 7.15. The summed E-state index contributed by atoms with van der Waals surface area (Å²) >= 11 is 0. The zero-order valence-corrected chi connectivity index (χ0v) is 22.4. The van der Waals surface area contributed by atoms with E-state index in [2.05, 4.69) is 4.98 Å². The molecule has 0 radical (unpaired) electrons. The van der Waals surface area contributed by atoms with Crippen molar-refractivity contribution >= 4 is 22.8 Å². The van der Waals surface area contributed by atoms with Crippen molar-refractivity contribution < 1.29 is 19.1 Å². The van der Waals surface area contributed by atoms with Gasteiger partial charge in [-0.3, -0.25) is 9.59 Å². The lowest BCUT2D eigenvalue weighted by Crippen LogP contribution is -2.26. The molecule has 1 heterocycles. The van der Waals surface area contributed by atoms with Gasteiger partial charge in [0.15, 0.2) is 5.78 Å². The lowest BCUT2D eigenvalue weighted by Gasteiger charge is -2.29. The molecule has 3 saturated carbocycles. The third-order valence-corrected chi connectivity index (χ3v) is 8.86. The summed E-state index contributed by atoms with van der Waals surface area (Å²) in [4.78, 5) is 34.1. The summed E-state index contributed by atoms with van der Waals surface area (Å²) in [7, 11) is 1.67. The van der Waals surface area contributed by atoms with Crippen LogP contribution in [0, 0.1) is 23.7 Å². The summed E-state index contributed by atoms with van der Waals surface area (Å²) in [6.45, 7) is 5.74. The monoisotopic (exact) mass is 494 g/mol. The van der Waals surface area contributed by atoms with Gasteiger partial charge in [0.05, 0.1) is 7.11 Å². The summed E-state index contributed by atoms with van der Waals surface area (Å²) in [5.74, 6) is 4.88. The summed E-state index contributed by atoms with van der Waals surface area (Å²) in [5.41, 5.74) is 1.94. The number of hydrogen-bond donors (Lipinski definition) is 1. The van der Waals surface area contributed by atoms with Gasteiger partial charge in [-0.1, -0.05) is 19.3 Å². The van der Waals surface area contributed by atoms with Crippen LogP contribution in [0.3, 0.4) is 0 Å². The number of nitrogens with zero attached hydrogens (tertiary/aromatic N) is 1. The van der Waals surface area contributed by atoms with Crippen LogP contribution in [0.1, 0.15) is 114 Å². The van der Waals surface area contributed by atoms with Crippen molar-refractivity contribution in [3.8, 4) is 5.75 Å². The highest BCUT2D eigenvalue weighted by Gasteiger charge is 2.41. The second-order valence-corrected chi connectivity index (χ2v) is 12.6. The predicted molar refractivity (Wildman–Crippen MR) is 140 cm³/mol. The van der Waals surface area contributed by atoms with Crippen LogP contribution >= 0.6 is 0 Å². The molecular formula is C30H42N2O4. The average Bonchev–Trinajstić information content (AvgIpc) is 3.57. The number of ether oxygens (including phenoxy) is 2. The molecule has 3 aliphatic carbocycles. The predicted octanol–water partition coefficient (Wildman–Crippen LogP) is 6.98. The Balaban J connectivity index is 1.19. The fourth-order valence-electron chi connectivity index (χ4n) is 7.05. The summed E-state index contributed by atoms with van der Waals surface area (Å²) < 4.78 is 11.1. The largest absolute Gasteiger partial charge is 0.494 e. The van der Waals surface area contributed by atoms with Crippen molar-refractivity contribution in [2.75, 3.05) is 7.11 Å². The Morgan fingerprint density at radius 2 is 1.78 bits per heavy atom. The number of ketones is 1. The number of nitrogens with one attached hydrogen (secondary N) is 1. The van der Waals surface area contributed by atoms with Gasteiger partial charge in [-0.15, -0.1) is 0 Å². The maximum atomic E-state index is 13.3. The molecule has 196 valence electrons. The number of Topliss-reactive ketones (excluding diaryl/α,β-unsaturated/α-hetero) is 1. The highest BCUT2D eigenvalue weighted by atomic mass is 16.6. The molecule has 3 atom stereocenters. The zero-order chi connectivity index (χ0) is 25.4. The van der Waals surface area contributed by atoms with Crippen molar-refractivity contribution in [1.82, 2.24) is 9.97 Å². The summed E-state index contributed by atoms with van der Waals surface area (Å²) in [6, 6.07) is 3.80. The van der Waals surface area contributed by atoms with Gasteiger partial charge in [0.1, 0.15) is 28.2 Å². The van der Waals surface area contributed by atoms with E-state index in [1.807, 2.05) is 32.9 Å². The van der Waals surface area contributed by atoms with E-state index < -0.39 is 5.60 Å². The van der Waals surface area contributed by atoms with Crippen molar-refractivity contribution in [1.29, 1.82) is 0 Å². The minimum atomic E-state index is -0.423. The van der Waals surface area contributed by atoms with Crippen LogP contribution in [-0.2, 0) is 9.53 Å². The van der Waals surface area contributed by atoms with Gasteiger partial charge in [0.25, 0.3) is 0 Å². The number of imidazole rings is 1. The summed E-state index contributed by atoms with van der Waals surface area (Å²) in [6.07, 6.45) is 11.4. The van der Waals surface area contributed by atoms with Crippen LogP contribution in [0.5, 0.6) is 5.75 Å². The first-order chi connectivity index (χ1) is 17.2. The Bertz CT molecular complexity index is 1110. The molecule has 1 aromatic heterocycles. The highest BCUT2D eigenvalue weighted by molar-refractivity contribution is 6.07. The number of carbonyl (C=O) groups excluding carboxylic acids is 2. The lowest BCUT2D eigenvalue weighted by atomic mass is 9.78. The average molecular weight is 495 g/mol. The van der Waals surface area contributed by atoms with Crippen molar-refractivity contribution in [3.63, 3.8) is 0 Å². The van der Waals surface area contributed by atoms with Gasteiger partial charge in [0.2, 0.25) is 0 Å². The number of fused-ring (bicyclic) bond motifs is 3. The minimum Gasteiger partial charge on any atom is -0.494 e. The molecule has 0 aliphatic heterocycles. The topological polar surface area (TPSA) is 81.3 Å². The Labute approximate surface area is 214 Å². The van der Waals surface area contributed by atoms with E-state index in [0.717, 1.165) is 72.1 Å². The molecule has 5 rings (SSSR count). The number of rotatable bonds is 8. The van der Waals surface area contributed by atoms with E-state index in [4.69, 9.17) is 14.5 Å². The van der Waals surface area contributed by atoms with E-state index in [-0.39, 0.29) is 11.8 Å². The Morgan fingerprint density at radius 3 is 2.42 bits per heavy atom. The maximum Gasteiger partial charge on any atom is 0.306 e. The van der Waals surface area contributed by atoms with Gasteiger partial charge < -0.3 is 14.5 Å².